The molecule has 0 N–H and O–H groups in total. The Bertz CT molecular complexity index is 22.8. The van der Waals surface area contributed by atoms with Gasteiger partial charge in [0.05, 0.1) is 0 Å². The summed E-state index contributed by atoms with van der Waals surface area (Å²) in [5.41, 5.74) is 1.34. The lowest BCUT2D eigenvalue weighted by molar-refractivity contribution is 1.52. The molecule has 0 nitrogen and oxygen atoms in total. The van der Waals surface area contributed by atoms with E-state index >= 15 is 0 Å². The van der Waals surface area contributed by atoms with Crippen LogP contribution in [0.25, 0.3) is 0 Å². The third-order valence-electron chi connectivity index (χ3n) is 0.407. The van der Waals surface area contributed by atoms with Gasteiger partial charge in [0.1, 0.15) is 0 Å². The Morgan fingerprint density at radius 3 is 2.67 bits per heavy atom. The fourth-order valence-corrected chi connectivity index (χ4v) is 3.25. The van der Waals surface area contributed by atoms with Crippen molar-refractivity contribution in [3.8, 4) is 0 Å². The number of hydrogen-bond donors (Lipinski definition) is 0. The van der Waals surface area contributed by atoms with Crippen LogP contribution in [-0.4, -0.2) is 11.7 Å². The van der Waals surface area contributed by atoms with E-state index in [-0.39, 0.29) is 0 Å². The molecule has 1 unspecified atom stereocenters. The second-order valence-electron chi connectivity index (χ2n) is 0.857. The van der Waals surface area contributed by atoms with Crippen molar-refractivity contribution in [2.24, 2.45) is 0 Å². The van der Waals surface area contributed by atoms with Crippen LogP contribution in [-0.2, 0) is 0 Å². The first kappa shape index (κ1) is 7.51. The van der Waals surface area contributed by atoms with Gasteiger partial charge in [-0.3, -0.25) is 0 Å². The quantitative estimate of drug-likeness (QED) is 0.411. The van der Waals surface area contributed by atoms with Crippen LogP contribution in [0.15, 0.2) is 0 Å². The molecule has 0 aliphatic carbocycles. The van der Waals surface area contributed by atoms with Crippen molar-refractivity contribution in [1.29, 1.82) is 0 Å². The Morgan fingerprint density at radius 2 is 2.50 bits per heavy atom. The van der Waals surface area contributed by atoms with Gasteiger partial charge in [0.25, 0.3) is 0 Å². The molecular weight excluding hydrogens is 226 g/mol. The van der Waals surface area contributed by atoms with E-state index in [2.05, 4.69) is 28.1 Å². The Kier molecular flexibility index (Phi) is 8.15. The minimum absolute atomic E-state index is 1.17. The van der Waals surface area contributed by atoms with Crippen molar-refractivity contribution in [2.45, 2.75) is 6.92 Å². The summed E-state index contributed by atoms with van der Waals surface area (Å²) in [4.78, 5) is 0. The van der Waals surface area contributed by atoms with Crippen molar-refractivity contribution in [3.63, 3.8) is 0 Å². The van der Waals surface area contributed by atoms with Gasteiger partial charge >= 0.3 is 0 Å². The van der Waals surface area contributed by atoms with Gasteiger partial charge < -0.3 is 0 Å². The van der Waals surface area contributed by atoms with Crippen LogP contribution >= 0.6 is 38.7 Å². The largest absolute Gasteiger partial charge is 0.111 e. The van der Waals surface area contributed by atoms with Gasteiger partial charge in [0.15, 0.2) is 0 Å². The van der Waals surface area contributed by atoms with Gasteiger partial charge in [0, 0.05) is 5.49 Å². The first-order chi connectivity index (χ1) is 2.91. The van der Waals surface area contributed by atoms with Gasteiger partial charge in [-0.15, -0.1) is 8.58 Å². The second kappa shape index (κ2) is 6.51. The van der Waals surface area contributed by atoms with Crippen LogP contribution in [0.3, 0.4) is 0 Å². The lowest BCUT2D eigenvalue weighted by Gasteiger charge is -1.85. The highest BCUT2D eigenvalue weighted by atomic mass is 127. The fourth-order valence-electron chi connectivity index (χ4n) is 0.141. The van der Waals surface area contributed by atoms with E-state index in [0.717, 1.165) is 0 Å². The standard InChI is InChI=1S/C3H8IPS/c1-2-5-3-6-4/h5H,2-3H2,1H3. The van der Waals surface area contributed by atoms with E-state index in [0.29, 0.717) is 0 Å². The molecule has 0 rings (SSSR count). The Balaban J connectivity index is 2.34. The van der Waals surface area contributed by atoms with E-state index in [1.54, 1.807) is 0 Å². The fraction of sp³-hybridized carbons (Fsp3) is 1.00. The molecule has 0 aromatic rings. The molecule has 0 amide bonds. The van der Waals surface area contributed by atoms with Crippen molar-refractivity contribution in [2.75, 3.05) is 11.7 Å². The molecule has 0 radical (unpaired) electrons. The maximum absolute atomic E-state index is 2.33. The molecule has 0 fully saturated rings. The predicted molar refractivity (Wildman–Crippen MR) is 45.3 cm³/mol. The van der Waals surface area contributed by atoms with Crippen LogP contribution in [0.4, 0.5) is 0 Å². The lowest BCUT2D eigenvalue weighted by atomic mass is 11.0. The lowest BCUT2D eigenvalue weighted by Crippen LogP contribution is -1.58. The average molecular weight is 234 g/mol. The van der Waals surface area contributed by atoms with Crippen molar-refractivity contribution < 1.29 is 0 Å². The molecule has 0 aromatic heterocycles. The van der Waals surface area contributed by atoms with Crippen LogP contribution in [0.2, 0.25) is 0 Å². The van der Waals surface area contributed by atoms with Crippen molar-refractivity contribution in [1.82, 2.24) is 0 Å². The maximum Gasteiger partial charge on any atom is 0.0208 e. The highest BCUT2D eigenvalue weighted by Gasteiger charge is 1.76. The zero-order valence-electron chi connectivity index (χ0n) is 3.70. The summed E-state index contributed by atoms with van der Waals surface area (Å²) in [7, 11) is 3.08. The molecule has 0 saturated carbocycles. The van der Waals surface area contributed by atoms with E-state index in [9.17, 15) is 0 Å². The molecule has 0 heterocycles. The summed E-state index contributed by atoms with van der Waals surface area (Å²) >= 11 is 2.33. The summed E-state index contributed by atoms with van der Waals surface area (Å²) < 4.78 is 0. The van der Waals surface area contributed by atoms with Gasteiger partial charge in [0.2, 0.25) is 0 Å². The van der Waals surface area contributed by atoms with Gasteiger partial charge in [-0.25, -0.2) is 0 Å². The summed E-state index contributed by atoms with van der Waals surface area (Å²) in [6.07, 6.45) is 1.36. The van der Waals surface area contributed by atoms with E-state index in [4.69, 9.17) is 0 Å². The SMILES string of the molecule is CCPCSI. The molecule has 3 heteroatoms. The normalized spacial score (nSPS) is 11.0. The van der Waals surface area contributed by atoms with E-state index in [1.165, 1.54) is 20.2 Å². The maximum atomic E-state index is 2.33. The summed E-state index contributed by atoms with van der Waals surface area (Å²) in [5, 5.41) is 0. The molecule has 0 saturated heterocycles. The average Bonchev–Trinajstić information content (AvgIpc) is 1.61. The predicted octanol–water partition coefficient (Wildman–Crippen LogP) is 2.73. The molecule has 38 valence electrons. The molecule has 0 aliphatic heterocycles. The van der Waals surface area contributed by atoms with Crippen LogP contribution in [0.5, 0.6) is 0 Å². The smallest absolute Gasteiger partial charge is 0.0208 e. The molecule has 0 spiro atoms. The van der Waals surface area contributed by atoms with Crippen molar-refractivity contribution >= 4 is 38.7 Å². The number of rotatable bonds is 3. The molecule has 0 aromatic carbocycles. The zero-order chi connectivity index (χ0) is 4.83. The Morgan fingerprint density at radius 1 is 1.83 bits per heavy atom. The molecule has 1 atom stereocenters. The minimum atomic E-state index is 1.17. The van der Waals surface area contributed by atoms with Crippen molar-refractivity contribution in [3.05, 3.63) is 0 Å². The third kappa shape index (κ3) is 5.51. The summed E-state index contributed by atoms with van der Waals surface area (Å²) in [6.45, 7) is 2.23. The van der Waals surface area contributed by atoms with E-state index < -0.39 is 0 Å². The third-order valence-corrected chi connectivity index (χ3v) is 4.96. The second-order valence-corrected chi connectivity index (χ2v) is 5.31. The first-order valence-electron chi connectivity index (χ1n) is 1.86. The molecule has 0 aliphatic rings. The first-order valence-corrected chi connectivity index (χ1v) is 6.80. The summed E-state index contributed by atoms with van der Waals surface area (Å²) in [6, 6.07) is 0. The zero-order valence-corrected chi connectivity index (χ0v) is 7.67. The highest BCUT2D eigenvalue weighted by molar-refractivity contribution is 14.2. The molecular formula is C3H8IPS. The Hall–Kier alpha value is 1.51. The van der Waals surface area contributed by atoms with Crippen LogP contribution in [0, 0.1) is 0 Å². The number of halogens is 1. The van der Waals surface area contributed by atoms with Crippen LogP contribution in [0.1, 0.15) is 6.92 Å². The topological polar surface area (TPSA) is 0 Å². The number of hydrogen-bond acceptors (Lipinski definition) is 1. The molecule has 0 bridgehead atoms. The highest BCUT2D eigenvalue weighted by Crippen LogP contribution is 2.22. The van der Waals surface area contributed by atoms with Gasteiger partial charge in [-0.05, 0) is 27.4 Å². The van der Waals surface area contributed by atoms with Gasteiger partial charge in [-0.2, -0.15) is 0 Å². The monoisotopic (exact) mass is 234 g/mol. The Labute approximate surface area is 57.2 Å². The van der Waals surface area contributed by atoms with E-state index in [1.807, 2.05) is 8.93 Å². The summed E-state index contributed by atoms with van der Waals surface area (Å²) in [5.74, 6) is 0. The van der Waals surface area contributed by atoms with Crippen LogP contribution < -0.4 is 0 Å². The van der Waals surface area contributed by atoms with Gasteiger partial charge in [-0.1, -0.05) is 15.9 Å². The minimum Gasteiger partial charge on any atom is -0.111 e. The molecule has 6 heavy (non-hydrogen) atoms.